The molecule has 0 aliphatic rings. The molecule has 0 spiro atoms. The van der Waals surface area contributed by atoms with Gasteiger partial charge in [0.05, 0.1) is 7.11 Å². The summed E-state index contributed by atoms with van der Waals surface area (Å²) in [6, 6.07) is 5.91. The maximum absolute atomic E-state index is 5.20. The number of aryl methyl sites for hydroxylation is 1. The summed E-state index contributed by atoms with van der Waals surface area (Å²) in [5.74, 6) is 3.31. The van der Waals surface area contributed by atoms with Crippen LogP contribution < -0.4 is 4.74 Å². The highest BCUT2D eigenvalue weighted by Gasteiger charge is 2.00. The molecular formula is C12H12O. The molecule has 0 aliphatic carbocycles. The molecule has 0 saturated heterocycles. The number of ether oxygens (including phenoxy) is 1. The fourth-order valence-electron chi connectivity index (χ4n) is 1.18. The van der Waals surface area contributed by atoms with Crippen molar-refractivity contribution < 1.29 is 4.74 Å². The lowest BCUT2D eigenvalue weighted by Gasteiger charge is -2.06. The smallest absolute Gasteiger partial charge is 0.126 e. The molecule has 1 rings (SSSR count). The quantitative estimate of drug-likeness (QED) is 0.623. The summed E-state index contributed by atoms with van der Waals surface area (Å²) in [5, 5.41) is 0. The van der Waals surface area contributed by atoms with E-state index in [2.05, 4.69) is 5.92 Å². The van der Waals surface area contributed by atoms with E-state index in [4.69, 9.17) is 11.2 Å². The minimum atomic E-state index is 0.853. The number of hydrogen-bond acceptors (Lipinski definition) is 1. The summed E-state index contributed by atoms with van der Waals surface area (Å²) in [7, 11) is 1.65. The van der Waals surface area contributed by atoms with Crippen molar-refractivity contribution in [1.82, 2.24) is 0 Å². The van der Waals surface area contributed by atoms with E-state index >= 15 is 0 Å². The van der Waals surface area contributed by atoms with Crippen LogP contribution in [-0.2, 0) is 0 Å². The maximum atomic E-state index is 5.20. The zero-order chi connectivity index (χ0) is 9.68. The Kier molecular flexibility index (Phi) is 3.16. The topological polar surface area (TPSA) is 9.23 Å². The molecule has 0 unspecified atom stereocenters. The summed E-state index contributed by atoms with van der Waals surface area (Å²) >= 11 is 0. The van der Waals surface area contributed by atoms with Gasteiger partial charge in [0.2, 0.25) is 0 Å². The van der Waals surface area contributed by atoms with Crippen LogP contribution in [0.2, 0.25) is 0 Å². The van der Waals surface area contributed by atoms with Crippen LogP contribution in [0.5, 0.6) is 5.75 Å². The summed E-state index contributed by atoms with van der Waals surface area (Å²) in [6.45, 7) is 2.03. The van der Waals surface area contributed by atoms with Gasteiger partial charge in [-0.3, -0.25) is 0 Å². The van der Waals surface area contributed by atoms with E-state index in [1.807, 2.05) is 31.2 Å². The minimum Gasteiger partial charge on any atom is -0.496 e. The number of rotatable bonds is 2. The van der Waals surface area contributed by atoms with Gasteiger partial charge in [-0.1, -0.05) is 18.1 Å². The lowest BCUT2D eigenvalue weighted by Crippen LogP contribution is -1.88. The van der Waals surface area contributed by atoms with Crippen LogP contribution in [0.15, 0.2) is 24.3 Å². The van der Waals surface area contributed by atoms with Gasteiger partial charge < -0.3 is 4.74 Å². The third-order valence-corrected chi connectivity index (χ3v) is 1.85. The van der Waals surface area contributed by atoms with E-state index in [9.17, 15) is 0 Å². The number of terminal acetylenes is 1. The van der Waals surface area contributed by atoms with Gasteiger partial charge in [0.15, 0.2) is 0 Å². The molecule has 0 aromatic heterocycles. The molecule has 0 radical (unpaired) electrons. The Morgan fingerprint density at radius 1 is 1.46 bits per heavy atom. The molecule has 1 aromatic rings. The van der Waals surface area contributed by atoms with E-state index in [1.54, 1.807) is 13.2 Å². The molecule has 13 heavy (non-hydrogen) atoms. The molecule has 1 heteroatoms. The molecule has 0 bridgehead atoms. The van der Waals surface area contributed by atoms with Crippen molar-refractivity contribution in [3.8, 4) is 18.1 Å². The Morgan fingerprint density at radius 3 is 2.85 bits per heavy atom. The molecule has 0 saturated carbocycles. The molecule has 66 valence electrons. The zero-order valence-electron chi connectivity index (χ0n) is 7.87. The number of allylic oxidation sites excluding steroid dienone is 1. The second-order valence-electron chi connectivity index (χ2n) is 2.69. The largest absolute Gasteiger partial charge is 0.496 e. The molecule has 0 aliphatic heterocycles. The zero-order valence-corrected chi connectivity index (χ0v) is 7.87. The highest BCUT2D eigenvalue weighted by molar-refractivity contribution is 5.62. The van der Waals surface area contributed by atoms with E-state index in [1.165, 1.54) is 0 Å². The van der Waals surface area contributed by atoms with Crippen molar-refractivity contribution in [1.29, 1.82) is 0 Å². The molecule has 1 nitrogen and oxygen atoms in total. The Labute approximate surface area is 79.0 Å². The van der Waals surface area contributed by atoms with E-state index < -0.39 is 0 Å². The second-order valence-corrected chi connectivity index (χ2v) is 2.69. The first-order chi connectivity index (χ1) is 6.29. The van der Waals surface area contributed by atoms with Crippen molar-refractivity contribution in [2.24, 2.45) is 0 Å². The number of methoxy groups -OCH3 is 1. The average Bonchev–Trinajstić information content (AvgIpc) is 2.15. The fourth-order valence-corrected chi connectivity index (χ4v) is 1.18. The molecule has 0 atom stereocenters. The number of hydrogen-bond donors (Lipinski definition) is 0. The lowest BCUT2D eigenvalue weighted by molar-refractivity contribution is 0.413. The van der Waals surface area contributed by atoms with Crippen molar-refractivity contribution in [3.05, 3.63) is 35.4 Å². The third-order valence-electron chi connectivity index (χ3n) is 1.85. The number of benzene rings is 1. The van der Waals surface area contributed by atoms with Crippen molar-refractivity contribution in [2.45, 2.75) is 6.92 Å². The first-order valence-corrected chi connectivity index (χ1v) is 4.06. The van der Waals surface area contributed by atoms with Crippen LogP contribution in [0.3, 0.4) is 0 Å². The van der Waals surface area contributed by atoms with Crippen LogP contribution in [0, 0.1) is 19.3 Å². The molecular weight excluding hydrogens is 160 g/mol. The normalized spacial score (nSPS) is 9.92. The van der Waals surface area contributed by atoms with E-state index in [0.29, 0.717) is 0 Å². The van der Waals surface area contributed by atoms with Crippen molar-refractivity contribution in [2.75, 3.05) is 7.11 Å². The van der Waals surface area contributed by atoms with Crippen LogP contribution in [0.25, 0.3) is 6.08 Å². The van der Waals surface area contributed by atoms with Gasteiger partial charge in [-0.05, 0) is 30.7 Å². The average molecular weight is 172 g/mol. The lowest BCUT2D eigenvalue weighted by atomic mass is 10.1. The van der Waals surface area contributed by atoms with Gasteiger partial charge in [-0.25, -0.2) is 0 Å². The van der Waals surface area contributed by atoms with Crippen LogP contribution in [0.1, 0.15) is 11.1 Å². The van der Waals surface area contributed by atoms with Crippen LogP contribution in [-0.4, -0.2) is 7.11 Å². The van der Waals surface area contributed by atoms with Gasteiger partial charge in [0, 0.05) is 5.56 Å². The first-order valence-electron chi connectivity index (χ1n) is 4.06. The highest BCUT2D eigenvalue weighted by atomic mass is 16.5. The maximum Gasteiger partial charge on any atom is 0.126 e. The Hall–Kier alpha value is -1.68. The summed E-state index contributed by atoms with van der Waals surface area (Å²) in [6.07, 6.45) is 8.69. The Balaban J connectivity index is 3.17. The van der Waals surface area contributed by atoms with E-state index in [-0.39, 0.29) is 0 Å². The van der Waals surface area contributed by atoms with Crippen molar-refractivity contribution in [3.63, 3.8) is 0 Å². The predicted octanol–water partition coefficient (Wildman–Crippen LogP) is 2.65. The van der Waals surface area contributed by atoms with Crippen LogP contribution in [0.4, 0.5) is 0 Å². The summed E-state index contributed by atoms with van der Waals surface area (Å²) < 4.78 is 5.20. The Morgan fingerprint density at radius 2 is 2.23 bits per heavy atom. The summed E-state index contributed by atoms with van der Waals surface area (Å²) in [5.41, 5.74) is 2.20. The highest BCUT2D eigenvalue weighted by Crippen LogP contribution is 2.22. The van der Waals surface area contributed by atoms with E-state index in [0.717, 1.165) is 16.9 Å². The van der Waals surface area contributed by atoms with Gasteiger partial charge in [0.25, 0.3) is 0 Å². The van der Waals surface area contributed by atoms with Gasteiger partial charge in [-0.15, -0.1) is 6.42 Å². The fraction of sp³-hybridized carbons (Fsp3) is 0.167. The molecule has 0 heterocycles. The first kappa shape index (κ1) is 9.41. The monoisotopic (exact) mass is 172 g/mol. The second kappa shape index (κ2) is 4.37. The third kappa shape index (κ3) is 2.13. The molecule has 0 fully saturated rings. The van der Waals surface area contributed by atoms with Gasteiger partial charge >= 0.3 is 0 Å². The Bertz CT molecular complexity index is 356. The van der Waals surface area contributed by atoms with Gasteiger partial charge in [0.1, 0.15) is 5.75 Å². The molecule has 0 N–H and O–H groups in total. The summed E-state index contributed by atoms with van der Waals surface area (Å²) in [4.78, 5) is 0. The van der Waals surface area contributed by atoms with Gasteiger partial charge in [-0.2, -0.15) is 0 Å². The minimum absolute atomic E-state index is 0.853. The predicted molar refractivity (Wildman–Crippen MR) is 55.6 cm³/mol. The molecule has 0 amide bonds. The van der Waals surface area contributed by atoms with Crippen molar-refractivity contribution >= 4 is 6.08 Å². The SMILES string of the molecule is C#C/C=C\c1c(C)cccc1OC. The van der Waals surface area contributed by atoms with Crippen LogP contribution >= 0.6 is 0 Å². The molecule has 1 aromatic carbocycles. The standard InChI is InChI=1S/C12H12O/c1-4-5-8-11-10(2)7-6-9-12(11)13-3/h1,5-9H,2-3H3/b8-5-.